The molecular formula is C14H21N3O3. The van der Waals surface area contributed by atoms with E-state index in [0.29, 0.717) is 18.2 Å². The van der Waals surface area contributed by atoms with Crippen LogP contribution < -0.4 is 10.5 Å². The van der Waals surface area contributed by atoms with Crippen LogP contribution in [0.4, 0.5) is 5.82 Å². The van der Waals surface area contributed by atoms with Crippen molar-refractivity contribution in [1.82, 2.24) is 9.97 Å². The lowest BCUT2D eigenvalue weighted by Gasteiger charge is -2.32. The standard InChI is InChI=1S/C14H21N3O3/c1-9(2)13-15-11(7-12(18)16-13)17-6-4-5-10(8-17)14(19)20-3/h7,9-10H,4-6,8H2,1-3H3,(H,15,16,18). The molecule has 1 aromatic rings. The van der Waals surface area contributed by atoms with Gasteiger partial charge in [-0.05, 0) is 12.8 Å². The van der Waals surface area contributed by atoms with Crippen molar-refractivity contribution < 1.29 is 9.53 Å². The lowest BCUT2D eigenvalue weighted by molar-refractivity contribution is -0.145. The third-order valence-corrected chi connectivity index (χ3v) is 3.57. The molecule has 1 atom stereocenters. The first-order valence-electron chi connectivity index (χ1n) is 6.95. The van der Waals surface area contributed by atoms with Crippen LogP contribution in [0.1, 0.15) is 38.4 Å². The van der Waals surface area contributed by atoms with Gasteiger partial charge in [0.15, 0.2) is 0 Å². The van der Waals surface area contributed by atoms with E-state index < -0.39 is 0 Å². The van der Waals surface area contributed by atoms with E-state index in [2.05, 4.69) is 9.97 Å². The predicted molar refractivity (Wildman–Crippen MR) is 75.9 cm³/mol. The fourth-order valence-corrected chi connectivity index (χ4v) is 2.44. The molecule has 2 heterocycles. The summed E-state index contributed by atoms with van der Waals surface area (Å²) in [5.41, 5.74) is -0.154. The Balaban J connectivity index is 2.22. The van der Waals surface area contributed by atoms with Gasteiger partial charge < -0.3 is 14.6 Å². The average Bonchev–Trinajstić information content (AvgIpc) is 2.45. The van der Waals surface area contributed by atoms with Crippen LogP contribution in [0.5, 0.6) is 0 Å². The average molecular weight is 279 g/mol. The molecule has 1 aliphatic heterocycles. The summed E-state index contributed by atoms with van der Waals surface area (Å²) in [4.78, 5) is 32.6. The first-order valence-corrected chi connectivity index (χ1v) is 6.95. The minimum atomic E-state index is -0.191. The molecule has 1 N–H and O–H groups in total. The maximum atomic E-state index is 11.7. The van der Waals surface area contributed by atoms with Crippen molar-refractivity contribution in [2.24, 2.45) is 5.92 Å². The molecule has 0 spiro atoms. The Morgan fingerprint density at radius 2 is 2.30 bits per heavy atom. The highest BCUT2D eigenvalue weighted by Crippen LogP contribution is 2.22. The number of hydrogen-bond donors (Lipinski definition) is 1. The van der Waals surface area contributed by atoms with Crippen molar-refractivity contribution in [1.29, 1.82) is 0 Å². The molecule has 1 unspecified atom stereocenters. The molecule has 6 heteroatoms. The fraction of sp³-hybridized carbons (Fsp3) is 0.643. The zero-order chi connectivity index (χ0) is 14.7. The van der Waals surface area contributed by atoms with Crippen LogP contribution in [-0.2, 0) is 9.53 Å². The van der Waals surface area contributed by atoms with Gasteiger partial charge in [0, 0.05) is 25.1 Å². The van der Waals surface area contributed by atoms with Crippen LogP contribution in [0.15, 0.2) is 10.9 Å². The normalized spacial score (nSPS) is 19.2. The zero-order valence-electron chi connectivity index (χ0n) is 12.2. The highest BCUT2D eigenvalue weighted by molar-refractivity contribution is 5.73. The summed E-state index contributed by atoms with van der Waals surface area (Å²) in [6.07, 6.45) is 1.72. The number of nitrogens with one attached hydrogen (secondary N) is 1. The van der Waals surface area contributed by atoms with E-state index in [1.54, 1.807) is 0 Å². The number of piperidine rings is 1. The van der Waals surface area contributed by atoms with E-state index in [0.717, 1.165) is 19.4 Å². The highest BCUT2D eigenvalue weighted by Gasteiger charge is 2.27. The van der Waals surface area contributed by atoms with Crippen LogP contribution in [0.2, 0.25) is 0 Å². The summed E-state index contributed by atoms with van der Waals surface area (Å²) < 4.78 is 4.81. The highest BCUT2D eigenvalue weighted by atomic mass is 16.5. The number of H-pyrrole nitrogens is 1. The smallest absolute Gasteiger partial charge is 0.310 e. The van der Waals surface area contributed by atoms with E-state index in [1.807, 2.05) is 18.7 Å². The quantitative estimate of drug-likeness (QED) is 0.844. The topological polar surface area (TPSA) is 75.3 Å². The number of hydrogen-bond acceptors (Lipinski definition) is 5. The third-order valence-electron chi connectivity index (χ3n) is 3.57. The number of aromatic amines is 1. The molecule has 2 rings (SSSR count). The van der Waals surface area contributed by atoms with Crippen molar-refractivity contribution in [3.05, 3.63) is 22.2 Å². The molecule has 20 heavy (non-hydrogen) atoms. The first kappa shape index (κ1) is 14.6. The maximum absolute atomic E-state index is 11.7. The number of carbonyl (C=O) groups excluding carboxylic acids is 1. The van der Waals surface area contributed by atoms with Gasteiger partial charge in [0.05, 0.1) is 13.0 Å². The fourth-order valence-electron chi connectivity index (χ4n) is 2.44. The first-order chi connectivity index (χ1) is 9.51. The minimum Gasteiger partial charge on any atom is -0.469 e. The second-order valence-corrected chi connectivity index (χ2v) is 5.45. The number of rotatable bonds is 3. The Morgan fingerprint density at radius 3 is 2.95 bits per heavy atom. The summed E-state index contributed by atoms with van der Waals surface area (Å²) in [7, 11) is 1.41. The second-order valence-electron chi connectivity index (χ2n) is 5.45. The Kier molecular flexibility index (Phi) is 4.42. The molecule has 110 valence electrons. The van der Waals surface area contributed by atoms with Gasteiger partial charge in [-0.1, -0.05) is 13.8 Å². The summed E-state index contributed by atoms with van der Waals surface area (Å²) in [5.74, 6) is 1.14. The number of methoxy groups -OCH3 is 1. The predicted octanol–water partition coefficient (Wildman–Crippen LogP) is 1.28. The van der Waals surface area contributed by atoms with Gasteiger partial charge in [0.2, 0.25) is 0 Å². The van der Waals surface area contributed by atoms with Gasteiger partial charge in [0.1, 0.15) is 11.6 Å². The lowest BCUT2D eigenvalue weighted by Crippen LogP contribution is -2.40. The summed E-state index contributed by atoms with van der Waals surface area (Å²) in [6.45, 7) is 5.33. The number of anilines is 1. The molecule has 1 aromatic heterocycles. The van der Waals surface area contributed by atoms with Crippen molar-refractivity contribution >= 4 is 11.8 Å². The molecule has 0 amide bonds. The molecule has 1 fully saturated rings. The number of carbonyl (C=O) groups is 1. The van der Waals surface area contributed by atoms with E-state index in [-0.39, 0.29) is 23.4 Å². The monoisotopic (exact) mass is 279 g/mol. The summed E-state index contributed by atoms with van der Waals surface area (Å²) in [6, 6.07) is 1.49. The molecule has 0 radical (unpaired) electrons. The molecule has 0 bridgehead atoms. The van der Waals surface area contributed by atoms with E-state index >= 15 is 0 Å². The number of aromatic nitrogens is 2. The van der Waals surface area contributed by atoms with Crippen molar-refractivity contribution in [2.75, 3.05) is 25.1 Å². The number of esters is 1. The lowest BCUT2D eigenvalue weighted by atomic mass is 9.98. The largest absolute Gasteiger partial charge is 0.469 e. The Morgan fingerprint density at radius 1 is 1.55 bits per heavy atom. The van der Waals surface area contributed by atoms with Crippen molar-refractivity contribution in [3.63, 3.8) is 0 Å². The van der Waals surface area contributed by atoms with E-state index in [1.165, 1.54) is 13.2 Å². The van der Waals surface area contributed by atoms with Gasteiger partial charge in [0.25, 0.3) is 5.56 Å². The number of ether oxygens (including phenoxy) is 1. The SMILES string of the molecule is COC(=O)C1CCCN(c2cc(=O)[nH]c(C(C)C)n2)C1. The third kappa shape index (κ3) is 3.18. The van der Waals surface area contributed by atoms with Gasteiger partial charge in [-0.15, -0.1) is 0 Å². The maximum Gasteiger partial charge on any atom is 0.310 e. The van der Waals surface area contributed by atoms with Crippen LogP contribution in [-0.4, -0.2) is 36.1 Å². The molecular weight excluding hydrogens is 258 g/mol. The zero-order valence-corrected chi connectivity index (χ0v) is 12.2. The molecule has 0 saturated carbocycles. The number of nitrogens with zero attached hydrogens (tertiary/aromatic N) is 2. The minimum absolute atomic E-state index is 0.141. The van der Waals surface area contributed by atoms with Crippen LogP contribution in [0.25, 0.3) is 0 Å². The van der Waals surface area contributed by atoms with Gasteiger partial charge >= 0.3 is 5.97 Å². The van der Waals surface area contributed by atoms with Gasteiger partial charge in [-0.25, -0.2) is 4.98 Å². The Hall–Kier alpha value is -1.85. The summed E-state index contributed by atoms with van der Waals surface area (Å²) in [5, 5.41) is 0. The van der Waals surface area contributed by atoms with Gasteiger partial charge in [-0.2, -0.15) is 0 Å². The van der Waals surface area contributed by atoms with Crippen LogP contribution in [0.3, 0.4) is 0 Å². The molecule has 0 aromatic carbocycles. The molecule has 1 saturated heterocycles. The van der Waals surface area contributed by atoms with E-state index in [4.69, 9.17) is 4.74 Å². The van der Waals surface area contributed by atoms with Crippen molar-refractivity contribution in [3.8, 4) is 0 Å². The van der Waals surface area contributed by atoms with Crippen molar-refractivity contribution in [2.45, 2.75) is 32.6 Å². The Bertz CT molecular complexity index is 539. The second kappa shape index (κ2) is 6.07. The molecule has 6 nitrogen and oxygen atoms in total. The van der Waals surface area contributed by atoms with Crippen LogP contribution in [0, 0.1) is 5.92 Å². The molecule has 0 aliphatic carbocycles. The summed E-state index contributed by atoms with van der Waals surface area (Å²) >= 11 is 0. The van der Waals surface area contributed by atoms with Gasteiger partial charge in [-0.3, -0.25) is 9.59 Å². The van der Waals surface area contributed by atoms with E-state index in [9.17, 15) is 9.59 Å². The van der Waals surface area contributed by atoms with Crippen LogP contribution >= 0.6 is 0 Å². The Labute approximate surface area is 118 Å². The molecule has 1 aliphatic rings.